The molecule has 0 radical (unpaired) electrons. The SMILES string of the molecule is COc1cc(C2NC(=O)c3cc(C)ccc3N2)ccc1OCCCCOc1c(OC)cc(C2=NOC(c3cc(OC)c(OC)c(OC)c3)C2)cc1OC. The molecule has 0 saturated heterocycles. The van der Waals surface area contributed by atoms with E-state index in [0.717, 1.165) is 40.1 Å². The number of rotatable bonds is 16. The second kappa shape index (κ2) is 16.6. The maximum Gasteiger partial charge on any atom is 0.255 e. The average molecular weight is 728 g/mol. The zero-order valence-corrected chi connectivity index (χ0v) is 31.0. The highest BCUT2D eigenvalue weighted by molar-refractivity contribution is 6.03. The van der Waals surface area contributed by atoms with E-state index in [4.69, 9.17) is 42.7 Å². The van der Waals surface area contributed by atoms with Gasteiger partial charge in [-0.2, -0.15) is 0 Å². The Labute approximate surface area is 309 Å². The fourth-order valence-corrected chi connectivity index (χ4v) is 6.29. The lowest BCUT2D eigenvalue weighted by atomic mass is 9.99. The number of hydrogen-bond acceptors (Lipinski definition) is 12. The van der Waals surface area contributed by atoms with Gasteiger partial charge in [0.25, 0.3) is 5.91 Å². The van der Waals surface area contributed by atoms with Gasteiger partial charge in [-0.3, -0.25) is 4.79 Å². The first kappa shape index (κ1) is 36.8. The van der Waals surface area contributed by atoms with E-state index < -0.39 is 6.17 Å². The molecule has 2 aliphatic rings. The molecule has 0 bridgehead atoms. The third-order valence-electron chi connectivity index (χ3n) is 9.08. The number of methoxy groups -OCH3 is 6. The molecule has 2 N–H and O–H groups in total. The van der Waals surface area contributed by atoms with Crippen LogP contribution in [0.1, 0.15) is 64.1 Å². The van der Waals surface area contributed by atoms with E-state index in [1.54, 1.807) is 42.7 Å². The minimum absolute atomic E-state index is 0.125. The molecule has 13 nitrogen and oxygen atoms in total. The van der Waals surface area contributed by atoms with Crippen molar-refractivity contribution < 1.29 is 47.5 Å². The van der Waals surface area contributed by atoms with E-state index in [2.05, 4.69) is 15.8 Å². The molecule has 0 saturated carbocycles. The van der Waals surface area contributed by atoms with Crippen molar-refractivity contribution in [2.75, 3.05) is 61.2 Å². The third kappa shape index (κ3) is 7.93. The average Bonchev–Trinajstić information content (AvgIpc) is 3.69. The molecule has 6 rings (SSSR count). The summed E-state index contributed by atoms with van der Waals surface area (Å²) in [7, 11) is 9.48. The van der Waals surface area contributed by atoms with Gasteiger partial charge in [0.15, 0.2) is 40.6 Å². The van der Waals surface area contributed by atoms with Crippen molar-refractivity contribution >= 4 is 17.3 Å². The fourth-order valence-electron chi connectivity index (χ4n) is 6.29. The minimum atomic E-state index is -0.397. The molecule has 0 aromatic heterocycles. The maximum atomic E-state index is 12.8. The van der Waals surface area contributed by atoms with Gasteiger partial charge in [-0.1, -0.05) is 22.9 Å². The Morgan fingerprint density at radius 1 is 0.660 bits per heavy atom. The van der Waals surface area contributed by atoms with Crippen molar-refractivity contribution in [3.8, 4) is 46.0 Å². The van der Waals surface area contributed by atoms with Crippen LogP contribution in [0.3, 0.4) is 0 Å². The number of nitrogens with one attached hydrogen (secondary N) is 2. The summed E-state index contributed by atoms with van der Waals surface area (Å²) in [5.41, 5.74) is 5.65. The summed E-state index contributed by atoms with van der Waals surface area (Å²) in [6.45, 7) is 2.82. The number of anilines is 1. The van der Waals surface area contributed by atoms with Crippen LogP contribution in [0.4, 0.5) is 5.69 Å². The van der Waals surface area contributed by atoms with Crippen LogP contribution in [0, 0.1) is 6.92 Å². The van der Waals surface area contributed by atoms with Gasteiger partial charge in [0.1, 0.15) is 6.17 Å². The van der Waals surface area contributed by atoms with Crippen molar-refractivity contribution in [1.82, 2.24) is 5.32 Å². The second-order valence-electron chi connectivity index (χ2n) is 12.4. The number of oxime groups is 1. The van der Waals surface area contributed by atoms with Crippen LogP contribution < -0.4 is 48.5 Å². The molecule has 53 heavy (non-hydrogen) atoms. The number of unbranched alkanes of at least 4 members (excludes halogenated alkanes) is 1. The summed E-state index contributed by atoms with van der Waals surface area (Å²) in [6, 6.07) is 18.9. The van der Waals surface area contributed by atoms with E-state index in [9.17, 15) is 4.79 Å². The summed E-state index contributed by atoms with van der Waals surface area (Å²) in [6.07, 6.45) is 1.18. The number of fused-ring (bicyclic) bond motifs is 1. The molecule has 2 unspecified atom stereocenters. The number of hydrogen-bond donors (Lipinski definition) is 2. The van der Waals surface area contributed by atoms with Crippen LogP contribution >= 0.6 is 0 Å². The van der Waals surface area contributed by atoms with Crippen molar-refractivity contribution in [3.05, 3.63) is 88.5 Å². The molecule has 2 aliphatic heterocycles. The molecule has 13 heteroatoms. The van der Waals surface area contributed by atoms with Gasteiger partial charge >= 0.3 is 0 Å². The highest BCUT2D eigenvalue weighted by Crippen LogP contribution is 2.44. The normalized spacial score (nSPS) is 15.9. The highest BCUT2D eigenvalue weighted by Gasteiger charge is 2.29. The number of aryl methyl sites for hydroxylation is 1. The summed E-state index contributed by atoms with van der Waals surface area (Å²) >= 11 is 0. The first-order valence-corrected chi connectivity index (χ1v) is 17.2. The lowest BCUT2D eigenvalue weighted by molar-refractivity contribution is 0.0853. The Morgan fingerprint density at radius 2 is 1.28 bits per heavy atom. The Balaban J connectivity index is 1.03. The van der Waals surface area contributed by atoms with Crippen LogP contribution in [-0.4, -0.2) is 67.5 Å². The Kier molecular flexibility index (Phi) is 11.5. The standard InChI is InChI=1S/C40H45N3O10/c1-23-10-12-28-27(16-23)40(44)42-39(41-28)24-11-13-30(32(17-24)45-2)51-14-8-9-15-52-38-35(48-5)18-25(19-36(38)49-6)29-22-31(53-43-29)26-20-33(46-3)37(50-7)34(21-26)47-4/h10-13,16-21,31,39,41H,8-9,14-15,22H2,1-7H3,(H,42,44). The molecule has 4 aromatic carbocycles. The number of nitrogens with zero attached hydrogens (tertiary/aromatic N) is 1. The van der Waals surface area contributed by atoms with Gasteiger partial charge in [-0.15, -0.1) is 0 Å². The summed E-state index contributed by atoms with van der Waals surface area (Å²) in [5.74, 6) is 4.18. The van der Waals surface area contributed by atoms with Crippen LogP contribution in [0.2, 0.25) is 0 Å². The number of benzene rings is 4. The smallest absolute Gasteiger partial charge is 0.255 e. The van der Waals surface area contributed by atoms with Gasteiger partial charge in [0.2, 0.25) is 11.5 Å². The van der Waals surface area contributed by atoms with Gasteiger partial charge in [-0.05, 0) is 73.9 Å². The fraction of sp³-hybridized carbons (Fsp3) is 0.350. The van der Waals surface area contributed by atoms with Crippen LogP contribution in [0.25, 0.3) is 0 Å². The van der Waals surface area contributed by atoms with Crippen LogP contribution in [0.5, 0.6) is 46.0 Å². The molecule has 4 aromatic rings. The zero-order valence-electron chi connectivity index (χ0n) is 31.0. The Morgan fingerprint density at radius 3 is 1.92 bits per heavy atom. The van der Waals surface area contributed by atoms with Crippen molar-refractivity contribution in [2.45, 2.75) is 38.5 Å². The Hall–Kier alpha value is -5.98. The topological polar surface area (TPSA) is 137 Å². The number of carbonyl (C=O) groups is 1. The largest absolute Gasteiger partial charge is 0.493 e. The predicted octanol–water partition coefficient (Wildman–Crippen LogP) is 7.00. The predicted molar refractivity (Wildman–Crippen MR) is 199 cm³/mol. The summed E-state index contributed by atoms with van der Waals surface area (Å²) < 4.78 is 45.8. The van der Waals surface area contributed by atoms with Gasteiger partial charge in [0, 0.05) is 23.2 Å². The summed E-state index contributed by atoms with van der Waals surface area (Å²) in [4.78, 5) is 18.6. The Bertz CT molecular complexity index is 1930. The van der Waals surface area contributed by atoms with Gasteiger partial charge in [-0.25, -0.2) is 0 Å². The molecule has 2 atom stereocenters. The highest BCUT2D eigenvalue weighted by atomic mass is 16.6. The van der Waals surface area contributed by atoms with Crippen molar-refractivity contribution in [2.24, 2.45) is 5.16 Å². The lowest BCUT2D eigenvalue weighted by Crippen LogP contribution is -2.38. The quantitative estimate of drug-likeness (QED) is 0.115. The van der Waals surface area contributed by atoms with E-state index in [1.807, 2.05) is 67.6 Å². The first-order valence-electron chi connectivity index (χ1n) is 17.2. The third-order valence-corrected chi connectivity index (χ3v) is 9.08. The molecule has 0 spiro atoms. The molecule has 280 valence electrons. The monoisotopic (exact) mass is 727 g/mol. The van der Waals surface area contributed by atoms with Crippen molar-refractivity contribution in [1.29, 1.82) is 0 Å². The van der Waals surface area contributed by atoms with Crippen LogP contribution in [-0.2, 0) is 4.84 Å². The minimum Gasteiger partial charge on any atom is -0.493 e. The van der Waals surface area contributed by atoms with E-state index in [1.165, 1.54) is 0 Å². The second-order valence-corrected chi connectivity index (χ2v) is 12.4. The number of amides is 1. The zero-order chi connectivity index (χ0) is 37.5. The molecule has 0 fully saturated rings. The van der Waals surface area contributed by atoms with Crippen LogP contribution in [0.15, 0.2) is 65.8 Å². The molecular formula is C40H45N3O10. The lowest BCUT2D eigenvalue weighted by Gasteiger charge is -2.28. The number of ether oxygens (including phenoxy) is 8. The van der Waals surface area contributed by atoms with Crippen molar-refractivity contribution in [3.63, 3.8) is 0 Å². The van der Waals surface area contributed by atoms with Gasteiger partial charge < -0.3 is 53.4 Å². The van der Waals surface area contributed by atoms with E-state index >= 15 is 0 Å². The maximum absolute atomic E-state index is 12.8. The van der Waals surface area contributed by atoms with Gasteiger partial charge in [0.05, 0.1) is 67.1 Å². The molecular weight excluding hydrogens is 682 g/mol. The molecule has 0 aliphatic carbocycles. The first-order chi connectivity index (χ1) is 25.8. The molecule has 2 heterocycles. The summed E-state index contributed by atoms with van der Waals surface area (Å²) in [5, 5.41) is 10.8. The van der Waals surface area contributed by atoms with E-state index in [-0.39, 0.29) is 12.0 Å². The van der Waals surface area contributed by atoms with E-state index in [0.29, 0.717) is 77.6 Å². The number of carbonyl (C=O) groups excluding carboxylic acids is 1. The molecule has 1 amide bonds.